The Labute approximate surface area is 95.6 Å². The first-order valence-corrected chi connectivity index (χ1v) is 5.73. The highest BCUT2D eigenvalue weighted by atomic mass is 19.1. The summed E-state index contributed by atoms with van der Waals surface area (Å²) >= 11 is 0. The molecule has 1 atom stereocenters. The third-order valence-corrected chi connectivity index (χ3v) is 3.37. The molecule has 1 aliphatic rings. The fraction of sp³-hybridized carbons (Fsp3) is 0.538. The lowest BCUT2D eigenvalue weighted by molar-refractivity contribution is 0.105. The average molecular weight is 223 g/mol. The van der Waals surface area contributed by atoms with Gasteiger partial charge in [0.05, 0.1) is 6.61 Å². The van der Waals surface area contributed by atoms with Crippen molar-refractivity contribution in [3.63, 3.8) is 0 Å². The maximum Gasteiger partial charge on any atom is 0.153 e. The third-order valence-electron chi connectivity index (χ3n) is 3.37. The van der Waals surface area contributed by atoms with E-state index in [-0.39, 0.29) is 12.5 Å². The predicted octanol–water partition coefficient (Wildman–Crippen LogP) is 2.40. The Bertz CT molecular complexity index is 392. The van der Waals surface area contributed by atoms with Gasteiger partial charge in [-0.05, 0) is 11.5 Å². The van der Waals surface area contributed by atoms with Crippen molar-refractivity contribution in [3.8, 4) is 5.75 Å². The van der Waals surface area contributed by atoms with Crippen molar-refractivity contribution in [1.82, 2.24) is 0 Å². The molecule has 3 heteroatoms. The lowest BCUT2D eigenvalue weighted by atomic mass is 9.84. The Hall–Kier alpha value is -1.09. The van der Waals surface area contributed by atoms with Crippen molar-refractivity contribution in [2.75, 3.05) is 13.2 Å². The van der Waals surface area contributed by atoms with Crippen LogP contribution in [0, 0.1) is 5.92 Å². The SMILES string of the molecule is CC(C)C(F)(CN)c1cccc2c1OCC2. The van der Waals surface area contributed by atoms with E-state index in [9.17, 15) is 4.39 Å². The Morgan fingerprint density at radius 2 is 2.25 bits per heavy atom. The molecule has 0 saturated heterocycles. The Morgan fingerprint density at radius 1 is 1.50 bits per heavy atom. The van der Waals surface area contributed by atoms with Gasteiger partial charge in [-0.3, -0.25) is 0 Å². The Morgan fingerprint density at radius 3 is 2.88 bits per heavy atom. The van der Waals surface area contributed by atoms with Crippen LogP contribution in [0.15, 0.2) is 18.2 Å². The topological polar surface area (TPSA) is 35.2 Å². The summed E-state index contributed by atoms with van der Waals surface area (Å²) in [4.78, 5) is 0. The molecule has 1 aliphatic heterocycles. The second-order valence-electron chi connectivity index (χ2n) is 4.61. The zero-order valence-corrected chi connectivity index (χ0v) is 9.79. The van der Waals surface area contributed by atoms with E-state index in [4.69, 9.17) is 10.5 Å². The first kappa shape index (κ1) is 11.4. The van der Waals surface area contributed by atoms with Crippen molar-refractivity contribution in [2.24, 2.45) is 11.7 Å². The molecule has 0 fully saturated rings. The van der Waals surface area contributed by atoms with E-state index in [1.807, 2.05) is 26.0 Å². The number of ether oxygens (including phenoxy) is 1. The smallest absolute Gasteiger partial charge is 0.153 e. The number of para-hydroxylation sites is 1. The Balaban J connectivity index is 2.51. The van der Waals surface area contributed by atoms with Crippen LogP contribution in [0.5, 0.6) is 5.75 Å². The lowest BCUT2D eigenvalue weighted by Crippen LogP contribution is -2.36. The molecular weight excluding hydrogens is 205 g/mol. The first-order chi connectivity index (χ1) is 7.59. The quantitative estimate of drug-likeness (QED) is 0.854. The van der Waals surface area contributed by atoms with Crippen LogP contribution >= 0.6 is 0 Å². The van der Waals surface area contributed by atoms with Gasteiger partial charge in [0.1, 0.15) is 5.75 Å². The van der Waals surface area contributed by atoms with E-state index in [2.05, 4.69) is 0 Å². The van der Waals surface area contributed by atoms with Crippen LogP contribution < -0.4 is 10.5 Å². The predicted molar refractivity (Wildman–Crippen MR) is 62.3 cm³/mol. The van der Waals surface area contributed by atoms with Gasteiger partial charge in [0, 0.05) is 18.5 Å². The molecule has 2 N–H and O–H groups in total. The van der Waals surface area contributed by atoms with Crippen LogP contribution in [0.3, 0.4) is 0 Å². The number of benzene rings is 1. The van der Waals surface area contributed by atoms with Crippen molar-refractivity contribution in [2.45, 2.75) is 25.9 Å². The summed E-state index contributed by atoms with van der Waals surface area (Å²) in [5, 5.41) is 0. The molecule has 0 aromatic heterocycles. The Kier molecular flexibility index (Phi) is 2.89. The molecule has 0 radical (unpaired) electrons. The van der Waals surface area contributed by atoms with Gasteiger partial charge in [0.2, 0.25) is 0 Å². The monoisotopic (exact) mass is 223 g/mol. The van der Waals surface area contributed by atoms with E-state index < -0.39 is 5.67 Å². The molecule has 16 heavy (non-hydrogen) atoms. The van der Waals surface area contributed by atoms with Crippen LogP contribution in [0.1, 0.15) is 25.0 Å². The molecule has 0 bridgehead atoms. The van der Waals surface area contributed by atoms with Crippen molar-refractivity contribution in [3.05, 3.63) is 29.3 Å². The molecule has 88 valence electrons. The van der Waals surface area contributed by atoms with E-state index in [1.54, 1.807) is 6.07 Å². The van der Waals surface area contributed by atoms with Crippen molar-refractivity contribution < 1.29 is 9.13 Å². The number of fused-ring (bicyclic) bond motifs is 1. The van der Waals surface area contributed by atoms with Gasteiger partial charge < -0.3 is 10.5 Å². The third kappa shape index (κ3) is 1.59. The highest BCUT2D eigenvalue weighted by molar-refractivity contribution is 5.47. The molecule has 1 unspecified atom stereocenters. The molecule has 0 spiro atoms. The second-order valence-corrected chi connectivity index (χ2v) is 4.61. The minimum Gasteiger partial charge on any atom is -0.493 e. The maximum absolute atomic E-state index is 14.8. The van der Waals surface area contributed by atoms with Crippen molar-refractivity contribution >= 4 is 0 Å². The van der Waals surface area contributed by atoms with Gasteiger partial charge in [-0.2, -0.15) is 0 Å². The molecule has 2 nitrogen and oxygen atoms in total. The van der Waals surface area contributed by atoms with Gasteiger partial charge in [-0.25, -0.2) is 4.39 Å². The summed E-state index contributed by atoms with van der Waals surface area (Å²) in [5.74, 6) is 0.553. The molecular formula is C13H18FNO. The van der Waals surface area contributed by atoms with Crippen LogP contribution in [0.2, 0.25) is 0 Å². The molecule has 1 heterocycles. The van der Waals surface area contributed by atoms with Crippen LogP contribution in [-0.4, -0.2) is 13.2 Å². The minimum atomic E-state index is -1.49. The summed E-state index contributed by atoms with van der Waals surface area (Å²) in [6.45, 7) is 4.33. The number of rotatable bonds is 3. The molecule has 0 amide bonds. The van der Waals surface area contributed by atoms with Gasteiger partial charge in [-0.15, -0.1) is 0 Å². The first-order valence-electron chi connectivity index (χ1n) is 5.73. The highest BCUT2D eigenvalue weighted by Gasteiger charge is 2.38. The molecule has 2 rings (SSSR count). The number of hydrogen-bond acceptors (Lipinski definition) is 2. The average Bonchev–Trinajstić information content (AvgIpc) is 2.75. The standard InChI is InChI=1S/C13H18FNO/c1-9(2)13(14,8-15)11-5-3-4-10-6-7-16-12(10)11/h3-5,9H,6-8,15H2,1-2H3. The molecule has 0 aliphatic carbocycles. The number of alkyl halides is 1. The summed E-state index contributed by atoms with van der Waals surface area (Å²) in [6, 6.07) is 5.66. The van der Waals surface area contributed by atoms with E-state index in [1.165, 1.54) is 0 Å². The summed E-state index contributed by atoms with van der Waals surface area (Å²) in [5.41, 5.74) is 5.82. The van der Waals surface area contributed by atoms with Crippen LogP contribution in [-0.2, 0) is 12.1 Å². The normalized spacial score (nSPS) is 18.1. The second kappa shape index (κ2) is 4.06. The number of hydrogen-bond donors (Lipinski definition) is 1. The summed E-state index contributed by atoms with van der Waals surface area (Å²) in [6.07, 6.45) is 0.863. The van der Waals surface area contributed by atoms with E-state index >= 15 is 0 Å². The van der Waals surface area contributed by atoms with Gasteiger partial charge in [0.15, 0.2) is 5.67 Å². The van der Waals surface area contributed by atoms with E-state index in [0.717, 1.165) is 12.0 Å². The fourth-order valence-corrected chi connectivity index (χ4v) is 2.20. The number of halogens is 1. The summed E-state index contributed by atoms with van der Waals surface area (Å²) in [7, 11) is 0. The van der Waals surface area contributed by atoms with E-state index in [0.29, 0.717) is 17.9 Å². The molecule has 1 aromatic rings. The van der Waals surface area contributed by atoms with Gasteiger partial charge in [-0.1, -0.05) is 32.0 Å². The highest BCUT2D eigenvalue weighted by Crippen LogP contribution is 2.42. The zero-order chi connectivity index (χ0) is 11.8. The molecule has 1 aromatic carbocycles. The van der Waals surface area contributed by atoms with Gasteiger partial charge >= 0.3 is 0 Å². The lowest BCUT2D eigenvalue weighted by Gasteiger charge is -2.29. The minimum absolute atomic E-state index is 0.00944. The molecule has 0 saturated carbocycles. The fourth-order valence-electron chi connectivity index (χ4n) is 2.20. The van der Waals surface area contributed by atoms with Crippen LogP contribution in [0.4, 0.5) is 4.39 Å². The van der Waals surface area contributed by atoms with Crippen LogP contribution in [0.25, 0.3) is 0 Å². The van der Waals surface area contributed by atoms with Gasteiger partial charge in [0.25, 0.3) is 0 Å². The largest absolute Gasteiger partial charge is 0.493 e. The van der Waals surface area contributed by atoms with Crippen molar-refractivity contribution in [1.29, 1.82) is 0 Å². The number of nitrogens with two attached hydrogens (primary N) is 1. The summed E-state index contributed by atoms with van der Waals surface area (Å²) < 4.78 is 20.4. The zero-order valence-electron chi connectivity index (χ0n) is 9.79. The maximum atomic E-state index is 14.8.